The summed E-state index contributed by atoms with van der Waals surface area (Å²) < 4.78 is 0. The van der Waals surface area contributed by atoms with Crippen LogP contribution in [0.25, 0.3) is 0 Å². The Kier molecular flexibility index (Phi) is 6.86. The molecule has 24 heavy (non-hydrogen) atoms. The molecular weight excluding hydrogens is 336 g/mol. The van der Waals surface area contributed by atoms with Crippen LogP contribution in [0, 0.1) is 0 Å². The summed E-state index contributed by atoms with van der Waals surface area (Å²) in [7, 11) is 1.87. The van der Waals surface area contributed by atoms with Crippen molar-refractivity contribution < 1.29 is 0 Å². The van der Waals surface area contributed by atoms with Crippen molar-refractivity contribution in [2.24, 2.45) is 4.99 Å². The Bertz CT molecular complexity index is 503. The van der Waals surface area contributed by atoms with Crippen LogP contribution in [-0.2, 0) is 6.54 Å². The number of nitrogens with one attached hydrogen (secondary N) is 2. The first-order valence-electron chi connectivity index (χ1n) is 9.12. The summed E-state index contributed by atoms with van der Waals surface area (Å²) in [4.78, 5) is 8.54. The molecule has 6 heteroatoms. The zero-order valence-electron chi connectivity index (χ0n) is 14.7. The minimum absolute atomic E-state index is 0.333. The first-order valence-corrected chi connectivity index (χ1v) is 11.2. The third-order valence-corrected chi connectivity index (χ3v) is 7.10. The van der Waals surface area contributed by atoms with Crippen LogP contribution < -0.4 is 10.6 Å². The quantitative estimate of drug-likeness (QED) is 0.620. The van der Waals surface area contributed by atoms with Gasteiger partial charge < -0.3 is 10.6 Å². The second-order valence-electron chi connectivity index (χ2n) is 6.74. The molecule has 1 saturated heterocycles. The molecule has 2 fully saturated rings. The van der Waals surface area contributed by atoms with Crippen molar-refractivity contribution in [1.82, 2.24) is 15.5 Å². The highest BCUT2D eigenvalue weighted by atomic mass is 32.2. The summed E-state index contributed by atoms with van der Waals surface area (Å²) in [6.45, 7) is 4.35. The molecule has 0 radical (unpaired) electrons. The van der Waals surface area contributed by atoms with Crippen molar-refractivity contribution in [2.45, 2.75) is 44.2 Å². The molecule has 2 N–H and O–H groups in total. The van der Waals surface area contributed by atoms with Crippen LogP contribution >= 0.6 is 23.1 Å². The Hall–Kier alpha value is -0.720. The van der Waals surface area contributed by atoms with Crippen molar-refractivity contribution in [3.05, 3.63) is 22.4 Å². The number of hydrogen-bond acceptors (Lipinski definition) is 4. The van der Waals surface area contributed by atoms with Gasteiger partial charge in [0, 0.05) is 48.6 Å². The van der Waals surface area contributed by atoms with E-state index in [9.17, 15) is 0 Å². The Morgan fingerprint density at radius 3 is 2.67 bits per heavy atom. The van der Waals surface area contributed by atoms with Crippen molar-refractivity contribution in [3.8, 4) is 0 Å². The van der Waals surface area contributed by atoms with Crippen molar-refractivity contribution in [3.63, 3.8) is 0 Å². The lowest BCUT2D eigenvalue weighted by Crippen LogP contribution is -2.59. The van der Waals surface area contributed by atoms with E-state index in [0.717, 1.165) is 19.0 Å². The van der Waals surface area contributed by atoms with Crippen molar-refractivity contribution in [2.75, 3.05) is 38.2 Å². The molecule has 1 aromatic rings. The summed E-state index contributed by atoms with van der Waals surface area (Å²) >= 11 is 3.89. The lowest BCUT2D eigenvalue weighted by molar-refractivity contribution is 0.0626. The van der Waals surface area contributed by atoms with E-state index in [4.69, 9.17) is 0 Å². The van der Waals surface area contributed by atoms with Gasteiger partial charge in [0.05, 0.1) is 6.54 Å². The molecule has 3 rings (SSSR count). The topological polar surface area (TPSA) is 39.7 Å². The number of hydrogen-bond donors (Lipinski definition) is 2. The van der Waals surface area contributed by atoms with E-state index >= 15 is 0 Å². The largest absolute Gasteiger partial charge is 0.355 e. The van der Waals surface area contributed by atoms with E-state index in [-0.39, 0.29) is 0 Å². The van der Waals surface area contributed by atoms with Gasteiger partial charge in [-0.2, -0.15) is 11.8 Å². The molecule has 0 bridgehead atoms. The fourth-order valence-corrected chi connectivity index (χ4v) is 5.45. The highest BCUT2D eigenvalue weighted by Crippen LogP contribution is 2.34. The van der Waals surface area contributed by atoms with E-state index in [1.807, 2.05) is 7.05 Å². The number of thioether (sulfide) groups is 1. The van der Waals surface area contributed by atoms with E-state index in [1.54, 1.807) is 11.3 Å². The molecule has 1 saturated carbocycles. The van der Waals surface area contributed by atoms with Gasteiger partial charge in [0.1, 0.15) is 0 Å². The van der Waals surface area contributed by atoms with Crippen molar-refractivity contribution >= 4 is 29.1 Å². The van der Waals surface area contributed by atoms with E-state index in [0.29, 0.717) is 5.54 Å². The molecule has 1 aromatic heterocycles. The molecule has 0 spiro atoms. The third-order valence-electron chi connectivity index (χ3n) is 5.28. The van der Waals surface area contributed by atoms with Gasteiger partial charge in [0.15, 0.2) is 5.96 Å². The van der Waals surface area contributed by atoms with Gasteiger partial charge in [-0.3, -0.25) is 9.89 Å². The molecule has 2 heterocycles. The molecular formula is C18H30N4S2. The maximum absolute atomic E-state index is 4.42. The molecule has 0 amide bonds. The van der Waals surface area contributed by atoms with Crippen LogP contribution in [0.1, 0.15) is 37.0 Å². The van der Waals surface area contributed by atoms with Crippen LogP contribution in [-0.4, -0.2) is 54.6 Å². The summed E-state index contributed by atoms with van der Waals surface area (Å²) in [5, 5.41) is 9.22. The first-order chi connectivity index (χ1) is 11.8. The van der Waals surface area contributed by atoms with Crippen LogP contribution in [0.3, 0.4) is 0 Å². The first kappa shape index (κ1) is 18.1. The summed E-state index contributed by atoms with van der Waals surface area (Å²) in [6.07, 6.45) is 6.79. The zero-order chi connectivity index (χ0) is 16.7. The second kappa shape index (κ2) is 9.11. The molecule has 0 aromatic carbocycles. The van der Waals surface area contributed by atoms with Gasteiger partial charge in [-0.1, -0.05) is 25.3 Å². The molecule has 0 unspecified atom stereocenters. The van der Waals surface area contributed by atoms with Crippen LogP contribution in [0.2, 0.25) is 0 Å². The average molecular weight is 367 g/mol. The summed E-state index contributed by atoms with van der Waals surface area (Å²) in [5.74, 6) is 3.50. The smallest absolute Gasteiger partial charge is 0.191 e. The molecule has 0 atom stereocenters. The van der Waals surface area contributed by atoms with Gasteiger partial charge in [0.2, 0.25) is 0 Å². The lowest BCUT2D eigenvalue weighted by Gasteiger charge is -2.48. The number of rotatable bonds is 5. The third kappa shape index (κ3) is 4.67. The fraction of sp³-hybridized carbons (Fsp3) is 0.722. The lowest BCUT2D eigenvalue weighted by atomic mass is 9.80. The monoisotopic (exact) mass is 366 g/mol. The van der Waals surface area contributed by atoms with Gasteiger partial charge >= 0.3 is 0 Å². The van der Waals surface area contributed by atoms with Gasteiger partial charge in [-0.15, -0.1) is 11.3 Å². The highest BCUT2D eigenvalue weighted by molar-refractivity contribution is 7.99. The second-order valence-corrected chi connectivity index (χ2v) is 9.00. The fourth-order valence-electron chi connectivity index (χ4n) is 3.91. The maximum Gasteiger partial charge on any atom is 0.191 e. The predicted octanol–water partition coefficient (Wildman–Crippen LogP) is 3.16. The Morgan fingerprint density at radius 1 is 1.21 bits per heavy atom. The summed E-state index contributed by atoms with van der Waals surface area (Å²) in [5.41, 5.74) is 0.333. The zero-order valence-corrected chi connectivity index (χ0v) is 16.4. The van der Waals surface area contributed by atoms with Gasteiger partial charge in [-0.05, 0) is 24.3 Å². The van der Waals surface area contributed by atoms with E-state index in [1.165, 1.54) is 61.6 Å². The molecule has 4 nitrogen and oxygen atoms in total. The maximum atomic E-state index is 4.42. The van der Waals surface area contributed by atoms with Crippen LogP contribution in [0.4, 0.5) is 0 Å². The number of guanidine groups is 1. The van der Waals surface area contributed by atoms with E-state index in [2.05, 4.69) is 49.8 Å². The number of nitrogens with zero attached hydrogens (tertiary/aromatic N) is 2. The normalized spacial score (nSPS) is 22.3. The van der Waals surface area contributed by atoms with Crippen LogP contribution in [0.5, 0.6) is 0 Å². The standard InChI is InChI=1S/C18H30N4S2/c1-19-17(20-14-16-6-5-11-24-16)21-15-18(7-3-2-4-8-18)22-9-12-23-13-10-22/h5-6,11H,2-4,7-10,12-15H2,1H3,(H2,19,20,21). The minimum atomic E-state index is 0.333. The molecule has 1 aliphatic heterocycles. The van der Waals surface area contributed by atoms with Gasteiger partial charge in [-0.25, -0.2) is 0 Å². The SMILES string of the molecule is CN=C(NCc1cccs1)NCC1(N2CCSCC2)CCCCC1. The molecule has 1 aliphatic carbocycles. The number of thiophene rings is 1. The predicted molar refractivity (Wildman–Crippen MR) is 107 cm³/mol. The Balaban J connectivity index is 1.57. The Labute approximate surface area is 154 Å². The van der Waals surface area contributed by atoms with Crippen molar-refractivity contribution in [1.29, 1.82) is 0 Å². The minimum Gasteiger partial charge on any atom is -0.355 e. The van der Waals surface area contributed by atoms with Gasteiger partial charge in [0.25, 0.3) is 0 Å². The number of aliphatic imine (C=N–C) groups is 1. The molecule has 134 valence electrons. The average Bonchev–Trinajstić information content (AvgIpc) is 3.17. The highest BCUT2D eigenvalue weighted by Gasteiger charge is 2.38. The molecule has 2 aliphatic rings. The van der Waals surface area contributed by atoms with E-state index < -0.39 is 0 Å². The summed E-state index contributed by atoms with van der Waals surface area (Å²) in [6, 6.07) is 4.27. The Morgan fingerprint density at radius 2 is 2.00 bits per heavy atom. The van der Waals surface area contributed by atoms with Crippen LogP contribution in [0.15, 0.2) is 22.5 Å².